The Hall–Kier alpha value is -1.67. The average Bonchev–Trinajstić information content (AvgIpc) is 2.62. The fraction of sp³-hybridized carbons (Fsp3) is 0.750. The molecule has 1 aliphatic rings. The van der Waals surface area contributed by atoms with Crippen molar-refractivity contribution in [3.63, 3.8) is 0 Å². The van der Waals surface area contributed by atoms with Crippen molar-refractivity contribution in [1.29, 1.82) is 0 Å². The van der Waals surface area contributed by atoms with E-state index < -0.39 is 41.9 Å². The summed E-state index contributed by atoms with van der Waals surface area (Å²) < 4.78 is 20.7. The van der Waals surface area contributed by atoms with Gasteiger partial charge in [-0.1, -0.05) is 0 Å². The van der Waals surface area contributed by atoms with Gasteiger partial charge in [0, 0.05) is 28.0 Å². The predicted octanol–water partition coefficient (Wildman–Crippen LogP) is -0.643. The quantitative estimate of drug-likeness (QED) is 0.687. The summed E-state index contributed by atoms with van der Waals surface area (Å²) in [4.78, 5) is 34.4. The summed E-state index contributed by atoms with van der Waals surface area (Å²) in [6.45, 7) is 3.83. The molecule has 1 rings (SSSR count). The molecule has 20 heavy (non-hydrogen) atoms. The summed E-state index contributed by atoms with van der Waals surface area (Å²) in [6.07, 6.45) is -3.14. The molecular weight excluding hydrogens is 270 g/mol. The van der Waals surface area contributed by atoms with E-state index in [2.05, 4.69) is 5.32 Å². The fourth-order valence-corrected chi connectivity index (χ4v) is 2.11. The maximum atomic E-state index is 12.0. The molecule has 0 unspecified atom stereocenters. The highest BCUT2D eigenvalue weighted by molar-refractivity contribution is 5.86. The monoisotopic (exact) mass is 289 g/mol. The van der Waals surface area contributed by atoms with E-state index in [1.165, 1.54) is 34.9 Å². The van der Waals surface area contributed by atoms with Crippen LogP contribution >= 0.6 is 0 Å². The maximum Gasteiger partial charge on any atom is 0.303 e. The zero-order chi connectivity index (χ0) is 15.5. The van der Waals surface area contributed by atoms with Crippen LogP contribution in [-0.4, -0.2) is 56.1 Å². The number of amides is 1. The standard InChI is InChI=1S/C12H19NO7/c1-6(14)18-8-9(19-7(2)15)12(3,11(16)13-4)20-10(8)17-5/h8-10H,1-5H3,(H,13,16)/t8-,9+,10-,12+/m1/s1. The molecule has 0 aromatic rings. The van der Waals surface area contributed by atoms with Crippen LogP contribution in [0.15, 0.2) is 0 Å². The number of likely N-dealkylation sites (N-methyl/N-ethyl adjacent to an activating group) is 1. The van der Waals surface area contributed by atoms with Crippen LogP contribution in [0.2, 0.25) is 0 Å². The summed E-state index contributed by atoms with van der Waals surface area (Å²) in [7, 11) is 2.75. The molecule has 1 heterocycles. The fourth-order valence-electron chi connectivity index (χ4n) is 2.11. The second kappa shape index (κ2) is 6.19. The number of carbonyl (C=O) groups excluding carboxylic acids is 3. The van der Waals surface area contributed by atoms with Gasteiger partial charge in [-0.25, -0.2) is 0 Å². The lowest BCUT2D eigenvalue weighted by molar-refractivity contribution is -0.189. The average molecular weight is 289 g/mol. The van der Waals surface area contributed by atoms with Crippen molar-refractivity contribution in [2.24, 2.45) is 0 Å². The van der Waals surface area contributed by atoms with Crippen LogP contribution in [0.5, 0.6) is 0 Å². The number of rotatable bonds is 4. The van der Waals surface area contributed by atoms with E-state index in [9.17, 15) is 14.4 Å². The molecule has 0 radical (unpaired) electrons. The second-order valence-corrected chi connectivity index (χ2v) is 4.51. The largest absolute Gasteiger partial charge is 0.455 e. The minimum Gasteiger partial charge on any atom is -0.455 e. The summed E-state index contributed by atoms with van der Waals surface area (Å²) in [5.41, 5.74) is -1.51. The van der Waals surface area contributed by atoms with E-state index >= 15 is 0 Å². The van der Waals surface area contributed by atoms with Crippen molar-refractivity contribution in [2.45, 2.75) is 44.9 Å². The van der Waals surface area contributed by atoms with Gasteiger partial charge in [0.15, 0.2) is 24.1 Å². The highest BCUT2D eigenvalue weighted by atomic mass is 16.7. The van der Waals surface area contributed by atoms with Crippen LogP contribution in [0.3, 0.4) is 0 Å². The van der Waals surface area contributed by atoms with Crippen molar-refractivity contribution in [3.05, 3.63) is 0 Å². The van der Waals surface area contributed by atoms with Crippen LogP contribution in [0.1, 0.15) is 20.8 Å². The third-order valence-corrected chi connectivity index (χ3v) is 2.98. The Morgan fingerprint density at radius 2 is 1.70 bits per heavy atom. The van der Waals surface area contributed by atoms with Crippen LogP contribution in [0.4, 0.5) is 0 Å². The van der Waals surface area contributed by atoms with Gasteiger partial charge in [-0.2, -0.15) is 0 Å². The lowest BCUT2D eigenvalue weighted by Crippen LogP contribution is -2.54. The first kappa shape index (κ1) is 16.4. The molecule has 114 valence electrons. The lowest BCUT2D eigenvalue weighted by Gasteiger charge is -2.28. The van der Waals surface area contributed by atoms with E-state index in [0.717, 1.165) is 0 Å². The highest BCUT2D eigenvalue weighted by Crippen LogP contribution is 2.36. The topological polar surface area (TPSA) is 100 Å². The number of carbonyl (C=O) groups is 3. The van der Waals surface area contributed by atoms with Crippen molar-refractivity contribution < 1.29 is 33.3 Å². The van der Waals surface area contributed by atoms with Crippen LogP contribution in [0, 0.1) is 0 Å². The number of hydrogen-bond donors (Lipinski definition) is 1. The molecule has 8 nitrogen and oxygen atoms in total. The van der Waals surface area contributed by atoms with E-state index in [1.807, 2.05) is 0 Å². The van der Waals surface area contributed by atoms with Gasteiger partial charge >= 0.3 is 11.9 Å². The Kier molecular flexibility index (Phi) is 5.07. The van der Waals surface area contributed by atoms with Crippen LogP contribution in [-0.2, 0) is 33.3 Å². The summed E-state index contributed by atoms with van der Waals surface area (Å²) in [5.74, 6) is -1.73. The Morgan fingerprint density at radius 3 is 2.10 bits per heavy atom. The molecule has 0 aliphatic carbocycles. The maximum absolute atomic E-state index is 12.0. The van der Waals surface area contributed by atoms with Gasteiger partial charge in [0.1, 0.15) is 0 Å². The Morgan fingerprint density at radius 1 is 1.15 bits per heavy atom. The zero-order valence-corrected chi connectivity index (χ0v) is 12.1. The van der Waals surface area contributed by atoms with Crippen LogP contribution in [0.25, 0.3) is 0 Å². The van der Waals surface area contributed by atoms with E-state index in [-0.39, 0.29) is 0 Å². The molecule has 0 aromatic carbocycles. The third kappa shape index (κ3) is 3.07. The van der Waals surface area contributed by atoms with Gasteiger partial charge in [0.25, 0.3) is 5.91 Å². The van der Waals surface area contributed by atoms with Crippen LogP contribution < -0.4 is 5.32 Å². The van der Waals surface area contributed by atoms with E-state index in [4.69, 9.17) is 18.9 Å². The summed E-state index contributed by atoms with van der Waals surface area (Å²) in [6, 6.07) is 0. The normalized spacial score (nSPS) is 32.5. The minimum absolute atomic E-state index is 0.513. The summed E-state index contributed by atoms with van der Waals surface area (Å²) >= 11 is 0. The molecule has 1 fully saturated rings. The molecule has 1 aliphatic heterocycles. The summed E-state index contributed by atoms with van der Waals surface area (Å²) in [5, 5.41) is 2.42. The third-order valence-electron chi connectivity index (χ3n) is 2.98. The first-order valence-corrected chi connectivity index (χ1v) is 6.03. The van der Waals surface area contributed by atoms with Gasteiger partial charge in [-0.05, 0) is 6.92 Å². The van der Waals surface area contributed by atoms with Gasteiger partial charge in [0.05, 0.1) is 0 Å². The van der Waals surface area contributed by atoms with Gasteiger partial charge in [-0.3, -0.25) is 14.4 Å². The van der Waals surface area contributed by atoms with Crippen molar-refractivity contribution in [1.82, 2.24) is 5.32 Å². The highest BCUT2D eigenvalue weighted by Gasteiger charge is 2.60. The molecule has 4 atom stereocenters. The first-order valence-electron chi connectivity index (χ1n) is 6.03. The Bertz CT molecular complexity index is 411. The number of nitrogens with one attached hydrogen (secondary N) is 1. The van der Waals surface area contributed by atoms with Gasteiger partial charge in [-0.15, -0.1) is 0 Å². The molecule has 0 aromatic heterocycles. The first-order chi connectivity index (χ1) is 9.26. The minimum atomic E-state index is -1.51. The Balaban J connectivity index is 3.15. The van der Waals surface area contributed by atoms with Crippen molar-refractivity contribution in [3.8, 4) is 0 Å². The number of methoxy groups -OCH3 is 1. The molecule has 0 spiro atoms. The molecule has 1 amide bonds. The van der Waals surface area contributed by atoms with E-state index in [0.29, 0.717) is 0 Å². The number of ether oxygens (including phenoxy) is 4. The van der Waals surface area contributed by atoms with E-state index in [1.54, 1.807) is 0 Å². The zero-order valence-electron chi connectivity index (χ0n) is 12.1. The molecule has 1 saturated heterocycles. The smallest absolute Gasteiger partial charge is 0.303 e. The Labute approximate surface area is 116 Å². The van der Waals surface area contributed by atoms with Gasteiger partial charge < -0.3 is 24.3 Å². The molecule has 0 saturated carbocycles. The molecular formula is C12H19NO7. The number of hydrogen-bond acceptors (Lipinski definition) is 7. The molecule has 1 N–H and O–H groups in total. The van der Waals surface area contributed by atoms with Crippen molar-refractivity contribution in [2.75, 3.05) is 14.2 Å². The number of esters is 2. The molecule has 0 bridgehead atoms. The SMILES string of the molecule is CNC(=O)[C@@]1(C)O[C@@H](OC)[C@H](OC(C)=O)[C@@H]1OC(C)=O. The van der Waals surface area contributed by atoms with Crippen molar-refractivity contribution >= 4 is 17.8 Å². The predicted molar refractivity (Wildman–Crippen MR) is 65.5 cm³/mol. The lowest BCUT2D eigenvalue weighted by atomic mass is 9.96. The second-order valence-electron chi connectivity index (χ2n) is 4.51. The molecule has 8 heteroatoms. The van der Waals surface area contributed by atoms with Gasteiger partial charge in [0.2, 0.25) is 0 Å².